The highest BCUT2D eigenvalue weighted by atomic mass is 32.1. The lowest BCUT2D eigenvalue weighted by molar-refractivity contribution is -0.149. The summed E-state index contributed by atoms with van der Waals surface area (Å²) < 4.78 is 0. The van der Waals surface area contributed by atoms with Crippen molar-refractivity contribution in [1.82, 2.24) is 15.5 Å². The minimum Gasteiger partial charge on any atom is -0.481 e. The van der Waals surface area contributed by atoms with Crippen molar-refractivity contribution in [3.8, 4) is 0 Å². The molecule has 0 aromatic carbocycles. The van der Waals surface area contributed by atoms with Gasteiger partial charge < -0.3 is 37.2 Å². The Morgan fingerprint density at radius 2 is 1.63 bits per heavy atom. The number of rotatable bonds is 11. The average molecular weight is 447 g/mol. The van der Waals surface area contributed by atoms with E-state index in [1.807, 2.05) is 0 Å². The van der Waals surface area contributed by atoms with E-state index in [4.69, 9.17) is 16.6 Å². The lowest BCUT2D eigenvalue weighted by Crippen LogP contribution is -2.58. The second-order valence-corrected chi connectivity index (χ2v) is 7.07. The molecule has 0 saturated carbocycles. The Hall–Kier alpha value is -2.87. The molecule has 1 fully saturated rings. The van der Waals surface area contributed by atoms with Crippen LogP contribution < -0.4 is 22.1 Å². The summed E-state index contributed by atoms with van der Waals surface area (Å²) in [6.45, 7) is 0.137. The number of nitrogens with zero attached hydrogens (tertiary/aromatic N) is 1. The molecule has 0 spiro atoms. The highest BCUT2D eigenvalue weighted by molar-refractivity contribution is 7.80. The van der Waals surface area contributed by atoms with E-state index in [2.05, 4.69) is 23.3 Å². The number of likely N-dealkylation sites (tertiary alicyclic amines) is 1. The molecule has 0 aromatic heterocycles. The summed E-state index contributed by atoms with van der Waals surface area (Å²) in [6.07, 6.45) is -0.577. The number of primary amides is 1. The first-order chi connectivity index (χ1) is 14.0. The molecule has 0 aromatic rings. The van der Waals surface area contributed by atoms with Crippen molar-refractivity contribution >= 4 is 48.2 Å². The Kier molecular flexibility index (Phi) is 9.52. The normalized spacial score (nSPS) is 18.7. The van der Waals surface area contributed by atoms with Gasteiger partial charge in [0, 0.05) is 12.3 Å². The number of hydrogen-bond acceptors (Lipinski definition) is 8. The Bertz CT molecular complexity index is 718. The topological polar surface area (TPSA) is 222 Å². The van der Waals surface area contributed by atoms with E-state index in [0.29, 0.717) is 6.42 Å². The minimum absolute atomic E-state index is 0.137. The van der Waals surface area contributed by atoms with E-state index >= 15 is 0 Å². The SMILES string of the molecule is NC(=O)CC(NC(=O)C(CS)NC(=O)C(N)CC(=O)O)C(=O)N1CCCC1C(=O)O. The molecule has 13 nitrogen and oxygen atoms in total. The van der Waals surface area contributed by atoms with Crippen LogP contribution in [0.1, 0.15) is 25.7 Å². The average Bonchev–Trinajstić information content (AvgIpc) is 3.13. The van der Waals surface area contributed by atoms with Gasteiger partial charge in [-0.15, -0.1) is 0 Å². The lowest BCUT2D eigenvalue weighted by Gasteiger charge is -2.28. The molecule has 168 valence electrons. The van der Waals surface area contributed by atoms with Gasteiger partial charge in [0.05, 0.1) is 18.9 Å². The molecule has 14 heteroatoms. The Labute approximate surface area is 176 Å². The van der Waals surface area contributed by atoms with Crippen LogP contribution >= 0.6 is 12.6 Å². The third-order valence-corrected chi connectivity index (χ3v) is 4.75. The number of carboxylic acids is 2. The summed E-state index contributed by atoms with van der Waals surface area (Å²) in [5.74, 6) is -6.26. The first-order valence-corrected chi connectivity index (χ1v) is 9.61. The van der Waals surface area contributed by atoms with Crippen molar-refractivity contribution in [2.45, 2.75) is 49.9 Å². The molecule has 4 unspecified atom stereocenters. The fraction of sp³-hybridized carbons (Fsp3) is 0.625. The first-order valence-electron chi connectivity index (χ1n) is 8.98. The third-order valence-electron chi connectivity index (χ3n) is 4.39. The van der Waals surface area contributed by atoms with Gasteiger partial charge in [-0.25, -0.2) is 4.79 Å². The predicted molar refractivity (Wildman–Crippen MR) is 104 cm³/mol. The molecular weight excluding hydrogens is 422 g/mol. The molecule has 1 aliphatic rings. The van der Waals surface area contributed by atoms with Crippen LogP contribution in [0.2, 0.25) is 0 Å². The maximum absolute atomic E-state index is 12.7. The summed E-state index contributed by atoms with van der Waals surface area (Å²) in [7, 11) is 0. The van der Waals surface area contributed by atoms with E-state index in [1.54, 1.807) is 0 Å². The molecule has 1 aliphatic heterocycles. The maximum atomic E-state index is 12.7. The number of carbonyl (C=O) groups excluding carboxylic acids is 4. The second kappa shape index (κ2) is 11.3. The second-order valence-electron chi connectivity index (χ2n) is 6.71. The smallest absolute Gasteiger partial charge is 0.326 e. The van der Waals surface area contributed by atoms with Crippen LogP contribution in [0.15, 0.2) is 0 Å². The van der Waals surface area contributed by atoms with Crippen molar-refractivity contribution in [2.75, 3.05) is 12.3 Å². The molecule has 0 aliphatic carbocycles. The number of nitrogens with two attached hydrogens (primary N) is 2. The highest BCUT2D eigenvalue weighted by Crippen LogP contribution is 2.19. The van der Waals surface area contributed by atoms with E-state index in [0.717, 1.165) is 4.90 Å². The van der Waals surface area contributed by atoms with Gasteiger partial charge in [0.1, 0.15) is 18.1 Å². The van der Waals surface area contributed by atoms with Gasteiger partial charge in [-0.05, 0) is 12.8 Å². The first kappa shape index (κ1) is 25.2. The van der Waals surface area contributed by atoms with Crippen molar-refractivity contribution in [1.29, 1.82) is 0 Å². The largest absolute Gasteiger partial charge is 0.481 e. The summed E-state index contributed by atoms with van der Waals surface area (Å²) in [6, 6.07) is -5.24. The zero-order valence-electron chi connectivity index (χ0n) is 15.9. The Morgan fingerprint density at radius 3 is 2.13 bits per heavy atom. The number of carboxylic acid groups (broad SMARTS) is 2. The summed E-state index contributed by atoms with van der Waals surface area (Å²) in [4.78, 5) is 71.6. The van der Waals surface area contributed by atoms with E-state index in [1.165, 1.54) is 0 Å². The Balaban J connectivity index is 2.89. The summed E-state index contributed by atoms with van der Waals surface area (Å²) in [5.41, 5.74) is 10.6. The van der Waals surface area contributed by atoms with Crippen LogP contribution in [-0.2, 0) is 28.8 Å². The fourth-order valence-electron chi connectivity index (χ4n) is 2.91. The van der Waals surface area contributed by atoms with Gasteiger partial charge in [0.25, 0.3) is 0 Å². The van der Waals surface area contributed by atoms with E-state index < -0.39 is 72.6 Å². The van der Waals surface area contributed by atoms with Crippen LogP contribution in [-0.4, -0.2) is 87.1 Å². The van der Waals surface area contributed by atoms with Gasteiger partial charge in [0.2, 0.25) is 23.6 Å². The number of carbonyl (C=O) groups is 6. The van der Waals surface area contributed by atoms with Crippen LogP contribution in [0.3, 0.4) is 0 Å². The number of aliphatic carboxylic acids is 2. The zero-order chi connectivity index (χ0) is 23.0. The molecule has 30 heavy (non-hydrogen) atoms. The van der Waals surface area contributed by atoms with Gasteiger partial charge in [0.15, 0.2) is 0 Å². The van der Waals surface area contributed by atoms with Gasteiger partial charge in [-0.2, -0.15) is 12.6 Å². The number of hydrogen-bond donors (Lipinski definition) is 7. The molecule has 0 radical (unpaired) electrons. The van der Waals surface area contributed by atoms with Crippen LogP contribution in [0.25, 0.3) is 0 Å². The van der Waals surface area contributed by atoms with Crippen molar-refractivity contribution in [2.24, 2.45) is 11.5 Å². The molecule has 1 rings (SSSR count). The van der Waals surface area contributed by atoms with Gasteiger partial charge in [-0.3, -0.25) is 24.0 Å². The molecule has 4 atom stereocenters. The molecule has 0 bridgehead atoms. The lowest BCUT2D eigenvalue weighted by atomic mass is 10.1. The highest BCUT2D eigenvalue weighted by Gasteiger charge is 2.38. The van der Waals surface area contributed by atoms with Gasteiger partial charge >= 0.3 is 11.9 Å². The van der Waals surface area contributed by atoms with E-state index in [9.17, 15) is 33.9 Å². The quantitative estimate of drug-likeness (QED) is 0.157. The number of amides is 4. The Morgan fingerprint density at radius 1 is 1.03 bits per heavy atom. The van der Waals surface area contributed by atoms with Crippen LogP contribution in [0.4, 0.5) is 0 Å². The molecule has 4 amide bonds. The number of nitrogens with one attached hydrogen (secondary N) is 2. The number of thiol groups is 1. The minimum atomic E-state index is -1.44. The predicted octanol–water partition coefficient (Wildman–Crippen LogP) is -3.36. The molecular formula is C16H25N5O8S. The molecule has 1 heterocycles. The molecule has 8 N–H and O–H groups in total. The summed E-state index contributed by atoms with van der Waals surface area (Å²) >= 11 is 3.94. The molecule has 1 saturated heterocycles. The van der Waals surface area contributed by atoms with Crippen LogP contribution in [0, 0.1) is 0 Å². The van der Waals surface area contributed by atoms with Crippen LogP contribution in [0.5, 0.6) is 0 Å². The van der Waals surface area contributed by atoms with Crippen molar-refractivity contribution in [3.63, 3.8) is 0 Å². The zero-order valence-corrected chi connectivity index (χ0v) is 16.8. The van der Waals surface area contributed by atoms with E-state index in [-0.39, 0.29) is 18.7 Å². The third kappa shape index (κ3) is 7.18. The standard InChI is InChI=1S/C16H25N5O8S/c17-7(4-12(23)24)13(25)20-9(6-30)14(26)19-8(5-11(18)22)15(27)21-3-1-2-10(21)16(28)29/h7-10,30H,1-6,17H2,(H2,18,22)(H,19,26)(H,20,25)(H,23,24)(H,28,29). The van der Waals surface area contributed by atoms with Crippen molar-refractivity contribution in [3.05, 3.63) is 0 Å². The van der Waals surface area contributed by atoms with Gasteiger partial charge in [-0.1, -0.05) is 0 Å². The summed E-state index contributed by atoms with van der Waals surface area (Å²) in [5, 5.41) is 22.4. The van der Waals surface area contributed by atoms with Crippen molar-refractivity contribution < 1.29 is 39.0 Å². The fourth-order valence-corrected chi connectivity index (χ4v) is 3.17. The maximum Gasteiger partial charge on any atom is 0.326 e. The monoisotopic (exact) mass is 447 g/mol.